The van der Waals surface area contributed by atoms with Crippen LogP contribution in [0.4, 0.5) is 13.2 Å². The van der Waals surface area contributed by atoms with E-state index in [1.807, 2.05) is 6.07 Å². The molecule has 0 amide bonds. The summed E-state index contributed by atoms with van der Waals surface area (Å²) in [7, 11) is -3.49. The minimum absolute atomic E-state index is 0.00160. The smallest absolute Gasteiger partial charge is 0.383 e. The monoisotopic (exact) mass is 328 g/mol. The van der Waals surface area contributed by atoms with E-state index in [0.29, 0.717) is 12.8 Å². The molecule has 0 bridgehead atoms. The Morgan fingerprint density at radius 2 is 1.86 bits per heavy atom. The van der Waals surface area contributed by atoms with E-state index in [0.717, 1.165) is 0 Å². The van der Waals surface area contributed by atoms with Crippen LogP contribution in [0.15, 0.2) is 0 Å². The lowest BCUT2D eigenvalue weighted by Gasteiger charge is -2.34. The van der Waals surface area contributed by atoms with Crippen molar-refractivity contribution in [1.82, 2.24) is 4.31 Å². The third-order valence-corrected chi connectivity index (χ3v) is 5.57. The van der Waals surface area contributed by atoms with Gasteiger partial charge in [-0.25, -0.2) is 12.7 Å². The minimum atomic E-state index is -4.66. The number of rotatable bonds is 6. The van der Waals surface area contributed by atoms with Crippen LogP contribution in [-0.4, -0.2) is 49.0 Å². The molecule has 122 valence electrons. The molecule has 5 nitrogen and oxygen atoms in total. The number of halogens is 3. The molecule has 0 aromatic heterocycles. The average Bonchev–Trinajstić information content (AvgIpc) is 2.42. The molecule has 0 aromatic rings. The second-order valence-corrected chi connectivity index (χ2v) is 7.24. The highest BCUT2D eigenvalue weighted by Gasteiger charge is 2.44. The van der Waals surface area contributed by atoms with Gasteiger partial charge in [0.1, 0.15) is 0 Å². The molecule has 1 rings (SSSR count). The molecule has 0 saturated carbocycles. The van der Waals surface area contributed by atoms with Crippen molar-refractivity contribution in [3.05, 3.63) is 0 Å². The van der Waals surface area contributed by atoms with Crippen molar-refractivity contribution in [1.29, 1.82) is 5.26 Å². The lowest BCUT2D eigenvalue weighted by Crippen LogP contribution is -2.45. The normalized spacial score (nSPS) is 20.1. The van der Waals surface area contributed by atoms with E-state index in [1.165, 1.54) is 4.31 Å². The maximum absolute atomic E-state index is 12.4. The number of nitriles is 1. The van der Waals surface area contributed by atoms with Gasteiger partial charge in [0, 0.05) is 19.5 Å². The zero-order valence-electron chi connectivity index (χ0n) is 11.5. The van der Waals surface area contributed by atoms with E-state index in [-0.39, 0.29) is 38.1 Å². The summed E-state index contributed by atoms with van der Waals surface area (Å²) < 4.78 is 62.3. The molecule has 1 heterocycles. The Labute approximate surface area is 122 Å². The highest BCUT2D eigenvalue weighted by Crippen LogP contribution is 2.32. The van der Waals surface area contributed by atoms with Crippen molar-refractivity contribution in [2.24, 2.45) is 5.92 Å². The lowest BCUT2D eigenvalue weighted by molar-refractivity contribution is -0.222. The molecule has 1 unspecified atom stereocenters. The van der Waals surface area contributed by atoms with Crippen molar-refractivity contribution in [2.45, 2.75) is 44.4 Å². The van der Waals surface area contributed by atoms with Crippen molar-refractivity contribution >= 4 is 10.0 Å². The fourth-order valence-electron chi connectivity index (χ4n) is 2.35. The van der Waals surface area contributed by atoms with Crippen LogP contribution in [0.1, 0.15) is 32.1 Å². The summed E-state index contributed by atoms with van der Waals surface area (Å²) in [5, 5.41) is 17.5. The second kappa shape index (κ2) is 7.42. The Morgan fingerprint density at radius 1 is 1.29 bits per heavy atom. The number of aliphatic hydroxyl groups excluding tert-OH is 1. The van der Waals surface area contributed by atoms with Gasteiger partial charge in [-0.1, -0.05) is 0 Å². The number of unbranched alkanes of at least 4 members (excludes halogenated alkanes) is 2. The Bertz CT molecular complexity index is 465. The standard InChI is InChI=1S/C12H19F3N2O3S/c13-12(14,15)11(18)10-4-7-17(8-5-10)21(19,20)9-3-1-2-6-16/h10-11,18H,1-5,7-9H2. The summed E-state index contributed by atoms with van der Waals surface area (Å²) in [5.41, 5.74) is 0. The van der Waals surface area contributed by atoms with Gasteiger partial charge < -0.3 is 5.11 Å². The maximum atomic E-state index is 12.4. The van der Waals surface area contributed by atoms with Crippen LogP contribution in [0.5, 0.6) is 0 Å². The van der Waals surface area contributed by atoms with Crippen molar-refractivity contribution in [3.8, 4) is 6.07 Å². The van der Waals surface area contributed by atoms with E-state index in [9.17, 15) is 26.7 Å². The Hall–Kier alpha value is -0.850. The summed E-state index contributed by atoms with van der Waals surface area (Å²) in [6.45, 7) is -0.00319. The zero-order chi connectivity index (χ0) is 16.1. The first-order chi connectivity index (χ1) is 9.68. The number of aliphatic hydroxyl groups is 1. The quantitative estimate of drug-likeness (QED) is 0.752. The lowest BCUT2D eigenvalue weighted by atomic mass is 9.92. The van der Waals surface area contributed by atoms with Crippen molar-refractivity contribution < 1.29 is 26.7 Å². The maximum Gasteiger partial charge on any atom is 0.414 e. The summed E-state index contributed by atoms with van der Waals surface area (Å²) in [6, 6.07) is 1.92. The van der Waals surface area contributed by atoms with Gasteiger partial charge in [0.05, 0.1) is 11.8 Å². The fourth-order valence-corrected chi connectivity index (χ4v) is 3.95. The molecular weight excluding hydrogens is 309 g/mol. The van der Waals surface area contributed by atoms with Crippen molar-refractivity contribution in [2.75, 3.05) is 18.8 Å². The van der Waals surface area contributed by atoms with E-state index >= 15 is 0 Å². The molecule has 1 fully saturated rings. The number of hydrogen-bond donors (Lipinski definition) is 1. The van der Waals surface area contributed by atoms with Gasteiger partial charge in [-0.05, 0) is 31.6 Å². The Kier molecular flexibility index (Phi) is 6.43. The summed E-state index contributed by atoms with van der Waals surface area (Å²) in [5.74, 6) is -1.05. The third-order valence-electron chi connectivity index (χ3n) is 3.61. The first-order valence-corrected chi connectivity index (χ1v) is 8.39. The van der Waals surface area contributed by atoms with Gasteiger partial charge >= 0.3 is 6.18 Å². The SMILES string of the molecule is N#CCCCCS(=O)(=O)N1CCC(C(O)C(F)(F)F)CC1. The first kappa shape index (κ1) is 18.2. The predicted molar refractivity (Wildman–Crippen MR) is 69.6 cm³/mol. The van der Waals surface area contributed by atoms with Crippen LogP contribution in [0.25, 0.3) is 0 Å². The third kappa shape index (κ3) is 5.45. The van der Waals surface area contributed by atoms with E-state index in [1.54, 1.807) is 0 Å². The summed E-state index contributed by atoms with van der Waals surface area (Å²) in [6.07, 6.45) is -5.92. The van der Waals surface area contributed by atoms with E-state index in [4.69, 9.17) is 5.26 Å². The molecule has 9 heteroatoms. The van der Waals surface area contributed by atoms with Crippen LogP contribution < -0.4 is 0 Å². The van der Waals surface area contributed by atoms with Gasteiger partial charge in [0.25, 0.3) is 0 Å². The van der Waals surface area contributed by atoms with Crippen molar-refractivity contribution in [3.63, 3.8) is 0 Å². The molecule has 0 aliphatic carbocycles. The predicted octanol–water partition coefficient (Wildman–Crippen LogP) is 1.65. The molecule has 1 aliphatic heterocycles. The highest BCUT2D eigenvalue weighted by atomic mass is 32.2. The molecule has 1 atom stereocenters. The fraction of sp³-hybridized carbons (Fsp3) is 0.917. The second-order valence-electron chi connectivity index (χ2n) is 5.15. The number of hydrogen-bond acceptors (Lipinski definition) is 4. The zero-order valence-corrected chi connectivity index (χ0v) is 12.3. The van der Waals surface area contributed by atoms with Crippen LogP contribution in [-0.2, 0) is 10.0 Å². The molecule has 1 N–H and O–H groups in total. The molecule has 0 radical (unpaired) electrons. The number of piperidine rings is 1. The van der Waals surface area contributed by atoms with Crippen LogP contribution in [0.3, 0.4) is 0 Å². The largest absolute Gasteiger partial charge is 0.414 e. The summed E-state index contributed by atoms with van der Waals surface area (Å²) in [4.78, 5) is 0. The van der Waals surface area contributed by atoms with Gasteiger partial charge in [-0.2, -0.15) is 18.4 Å². The molecule has 0 aromatic carbocycles. The minimum Gasteiger partial charge on any atom is -0.383 e. The topological polar surface area (TPSA) is 81.4 Å². The molecule has 1 saturated heterocycles. The van der Waals surface area contributed by atoms with E-state index in [2.05, 4.69) is 0 Å². The number of nitrogens with zero attached hydrogens (tertiary/aromatic N) is 2. The Balaban J connectivity index is 2.47. The number of alkyl halides is 3. The Morgan fingerprint density at radius 3 is 2.33 bits per heavy atom. The number of sulfonamides is 1. The molecule has 1 aliphatic rings. The molecule has 21 heavy (non-hydrogen) atoms. The highest BCUT2D eigenvalue weighted by molar-refractivity contribution is 7.89. The summed E-state index contributed by atoms with van der Waals surface area (Å²) >= 11 is 0. The van der Waals surface area contributed by atoms with Crippen LogP contribution >= 0.6 is 0 Å². The first-order valence-electron chi connectivity index (χ1n) is 6.78. The molecular formula is C12H19F3N2O3S. The van der Waals surface area contributed by atoms with Crippen LogP contribution in [0.2, 0.25) is 0 Å². The van der Waals surface area contributed by atoms with Crippen LogP contribution in [0, 0.1) is 17.2 Å². The van der Waals surface area contributed by atoms with Gasteiger partial charge in [0.15, 0.2) is 6.10 Å². The van der Waals surface area contributed by atoms with Gasteiger partial charge in [0.2, 0.25) is 10.0 Å². The van der Waals surface area contributed by atoms with E-state index < -0.39 is 28.2 Å². The average molecular weight is 328 g/mol. The molecule has 0 spiro atoms. The van der Waals surface area contributed by atoms with Gasteiger partial charge in [-0.15, -0.1) is 0 Å². The van der Waals surface area contributed by atoms with Gasteiger partial charge in [-0.3, -0.25) is 0 Å².